The molecule has 0 unspecified atom stereocenters. The maximum atomic E-state index is 5.32. The third kappa shape index (κ3) is 1.73. The molecule has 0 aliphatic rings. The zero-order chi connectivity index (χ0) is 10.8. The van der Waals surface area contributed by atoms with Crippen molar-refractivity contribution in [3.8, 4) is 17.0 Å². The second-order valence-electron chi connectivity index (χ2n) is 3.49. The van der Waals surface area contributed by atoms with Gasteiger partial charge >= 0.3 is 0 Å². The Morgan fingerprint density at radius 3 is 2.60 bits per heavy atom. The van der Waals surface area contributed by atoms with E-state index in [0.717, 1.165) is 22.7 Å². The van der Waals surface area contributed by atoms with Crippen LogP contribution in [0.2, 0.25) is 0 Å². The Bertz CT molecular complexity index is 474. The van der Waals surface area contributed by atoms with E-state index in [1.807, 2.05) is 42.9 Å². The van der Waals surface area contributed by atoms with Gasteiger partial charge in [-0.2, -0.15) is 5.10 Å². The summed E-state index contributed by atoms with van der Waals surface area (Å²) in [4.78, 5) is 0. The Labute approximate surface area is 89.3 Å². The van der Waals surface area contributed by atoms with Gasteiger partial charge in [-0.3, -0.25) is 4.68 Å². The number of aryl methyl sites for hydroxylation is 2. The Morgan fingerprint density at radius 1 is 1.27 bits per heavy atom. The standard InChI is InChI=1S/C12H14N2O/c1-9-8-11(14(2)13-9)10-6-4-5-7-12(10)15-3/h4-8H,1-3H3. The van der Waals surface area contributed by atoms with Gasteiger partial charge in [0.25, 0.3) is 0 Å². The molecule has 0 spiro atoms. The Kier molecular flexibility index (Phi) is 2.46. The zero-order valence-electron chi connectivity index (χ0n) is 9.19. The summed E-state index contributed by atoms with van der Waals surface area (Å²) in [6.45, 7) is 1.99. The summed E-state index contributed by atoms with van der Waals surface area (Å²) >= 11 is 0. The molecule has 1 aromatic heterocycles. The minimum absolute atomic E-state index is 0.875. The predicted molar refractivity (Wildman–Crippen MR) is 59.9 cm³/mol. The van der Waals surface area contributed by atoms with E-state index in [2.05, 4.69) is 11.2 Å². The highest BCUT2D eigenvalue weighted by Gasteiger charge is 2.09. The molecule has 0 N–H and O–H groups in total. The molecule has 0 fully saturated rings. The van der Waals surface area contributed by atoms with Crippen molar-refractivity contribution in [2.45, 2.75) is 6.92 Å². The molecule has 2 aromatic rings. The summed E-state index contributed by atoms with van der Waals surface area (Å²) in [5.74, 6) is 0.875. The van der Waals surface area contributed by atoms with Gasteiger partial charge in [0.05, 0.1) is 18.5 Å². The maximum absolute atomic E-state index is 5.32. The number of benzene rings is 1. The van der Waals surface area contributed by atoms with Crippen molar-refractivity contribution >= 4 is 0 Å². The first-order valence-corrected chi connectivity index (χ1v) is 4.86. The van der Waals surface area contributed by atoms with Crippen molar-refractivity contribution in [2.24, 2.45) is 7.05 Å². The van der Waals surface area contributed by atoms with Crippen molar-refractivity contribution in [2.75, 3.05) is 7.11 Å². The SMILES string of the molecule is COc1ccccc1-c1cc(C)nn1C. The van der Waals surface area contributed by atoms with Crippen molar-refractivity contribution in [1.82, 2.24) is 9.78 Å². The number of para-hydroxylation sites is 1. The van der Waals surface area contributed by atoms with Gasteiger partial charge < -0.3 is 4.74 Å². The van der Waals surface area contributed by atoms with Gasteiger partial charge in [0, 0.05) is 12.6 Å². The monoisotopic (exact) mass is 202 g/mol. The summed E-state index contributed by atoms with van der Waals surface area (Å²) < 4.78 is 7.19. The van der Waals surface area contributed by atoms with E-state index in [1.54, 1.807) is 7.11 Å². The normalized spacial score (nSPS) is 10.3. The number of hydrogen-bond acceptors (Lipinski definition) is 2. The van der Waals surface area contributed by atoms with E-state index in [1.165, 1.54) is 0 Å². The van der Waals surface area contributed by atoms with Crippen molar-refractivity contribution < 1.29 is 4.74 Å². The number of nitrogens with zero attached hydrogens (tertiary/aromatic N) is 2. The fourth-order valence-corrected chi connectivity index (χ4v) is 1.72. The van der Waals surface area contributed by atoms with Crippen LogP contribution in [-0.4, -0.2) is 16.9 Å². The maximum Gasteiger partial charge on any atom is 0.128 e. The van der Waals surface area contributed by atoms with Crippen LogP contribution in [0, 0.1) is 6.92 Å². The number of rotatable bonds is 2. The quantitative estimate of drug-likeness (QED) is 0.747. The van der Waals surface area contributed by atoms with Gasteiger partial charge in [-0.25, -0.2) is 0 Å². The summed E-state index contributed by atoms with van der Waals surface area (Å²) in [5.41, 5.74) is 3.16. The highest BCUT2D eigenvalue weighted by molar-refractivity contribution is 5.67. The molecular formula is C12H14N2O. The number of methoxy groups -OCH3 is 1. The van der Waals surface area contributed by atoms with E-state index in [4.69, 9.17) is 4.74 Å². The van der Waals surface area contributed by atoms with Gasteiger partial charge in [0.1, 0.15) is 5.75 Å². The summed E-state index contributed by atoms with van der Waals surface area (Å²) in [6.07, 6.45) is 0. The molecule has 0 saturated carbocycles. The molecule has 15 heavy (non-hydrogen) atoms. The second-order valence-corrected chi connectivity index (χ2v) is 3.49. The Morgan fingerprint density at radius 2 is 2.00 bits per heavy atom. The van der Waals surface area contributed by atoms with E-state index >= 15 is 0 Å². The molecule has 0 radical (unpaired) electrons. The van der Waals surface area contributed by atoms with Gasteiger partial charge in [-0.05, 0) is 25.1 Å². The van der Waals surface area contributed by atoms with Crippen molar-refractivity contribution in [1.29, 1.82) is 0 Å². The van der Waals surface area contributed by atoms with Crippen molar-refractivity contribution in [3.05, 3.63) is 36.0 Å². The van der Waals surface area contributed by atoms with E-state index < -0.39 is 0 Å². The number of aromatic nitrogens is 2. The first-order valence-electron chi connectivity index (χ1n) is 4.86. The topological polar surface area (TPSA) is 27.1 Å². The van der Waals surface area contributed by atoms with E-state index in [-0.39, 0.29) is 0 Å². The summed E-state index contributed by atoms with van der Waals surface area (Å²) in [7, 11) is 3.62. The fourth-order valence-electron chi connectivity index (χ4n) is 1.72. The average molecular weight is 202 g/mol. The summed E-state index contributed by atoms with van der Waals surface area (Å²) in [5, 5.41) is 4.32. The molecule has 0 saturated heterocycles. The Hall–Kier alpha value is -1.77. The molecule has 0 aliphatic heterocycles. The van der Waals surface area contributed by atoms with Crippen LogP contribution in [0.3, 0.4) is 0 Å². The molecule has 2 rings (SSSR count). The molecule has 0 aliphatic carbocycles. The second kappa shape index (κ2) is 3.77. The molecule has 3 heteroatoms. The number of hydrogen-bond donors (Lipinski definition) is 0. The third-order valence-electron chi connectivity index (χ3n) is 2.38. The van der Waals surface area contributed by atoms with Crippen LogP contribution >= 0.6 is 0 Å². The molecule has 1 heterocycles. The molecule has 0 amide bonds. The fraction of sp³-hybridized carbons (Fsp3) is 0.250. The summed E-state index contributed by atoms with van der Waals surface area (Å²) in [6, 6.07) is 10.0. The minimum atomic E-state index is 0.875. The molecule has 0 atom stereocenters. The molecule has 1 aromatic carbocycles. The molecular weight excluding hydrogens is 188 g/mol. The van der Waals surface area contributed by atoms with E-state index in [9.17, 15) is 0 Å². The lowest BCUT2D eigenvalue weighted by Gasteiger charge is -2.07. The van der Waals surface area contributed by atoms with Gasteiger partial charge in [-0.15, -0.1) is 0 Å². The van der Waals surface area contributed by atoms with Crippen LogP contribution in [-0.2, 0) is 7.05 Å². The highest BCUT2D eigenvalue weighted by Crippen LogP contribution is 2.29. The molecule has 3 nitrogen and oxygen atoms in total. The van der Waals surface area contributed by atoms with Crippen LogP contribution in [0.25, 0.3) is 11.3 Å². The largest absolute Gasteiger partial charge is 0.496 e. The van der Waals surface area contributed by atoms with E-state index in [0.29, 0.717) is 0 Å². The first kappa shape index (κ1) is 9.77. The predicted octanol–water partition coefficient (Wildman–Crippen LogP) is 2.40. The number of ether oxygens (including phenoxy) is 1. The zero-order valence-corrected chi connectivity index (χ0v) is 9.19. The molecule has 0 bridgehead atoms. The smallest absolute Gasteiger partial charge is 0.128 e. The van der Waals surface area contributed by atoms with Crippen LogP contribution in [0.4, 0.5) is 0 Å². The lowest BCUT2D eigenvalue weighted by atomic mass is 10.1. The highest BCUT2D eigenvalue weighted by atomic mass is 16.5. The lowest BCUT2D eigenvalue weighted by molar-refractivity contribution is 0.416. The van der Waals surface area contributed by atoms with Gasteiger partial charge in [0.2, 0.25) is 0 Å². The van der Waals surface area contributed by atoms with Crippen molar-refractivity contribution in [3.63, 3.8) is 0 Å². The third-order valence-corrected chi connectivity index (χ3v) is 2.38. The lowest BCUT2D eigenvalue weighted by Crippen LogP contribution is -1.95. The first-order chi connectivity index (χ1) is 7.22. The molecule has 78 valence electrons. The van der Waals surface area contributed by atoms with Crippen LogP contribution in [0.1, 0.15) is 5.69 Å². The van der Waals surface area contributed by atoms with Gasteiger partial charge in [0.15, 0.2) is 0 Å². The Balaban J connectivity index is 2.58. The van der Waals surface area contributed by atoms with Crippen LogP contribution < -0.4 is 4.74 Å². The van der Waals surface area contributed by atoms with Crippen LogP contribution in [0.5, 0.6) is 5.75 Å². The van der Waals surface area contributed by atoms with Gasteiger partial charge in [-0.1, -0.05) is 12.1 Å². The van der Waals surface area contributed by atoms with Crippen LogP contribution in [0.15, 0.2) is 30.3 Å². The average Bonchev–Trinajstić information content (AvgIpc) is 2.57. The minimum Gasteiger partial charge on any atom is -0.496 e.